The average molecular weight is 241 g/mol. The molecule has 0 fully saturated rings. The number of nitrogen functional groups attached to an aromatic ring is 1. The molecule has 1 heterocycles. The highest BCUT2D eigenvalue weighted by Gasteiger charge is 2.00. The van der Waals surface area contributed by atoms with E-state index in [4.69, 9.17) is 22.1 Å². The molecule has 0 amide bonds. The van der Waals surface area contributed by atoms with Crippen molar-refractivity contribution in [3.63, 3.8) is 0 Å². The zero-order valence-corrected chi connectivity index (χ0v) is 9.39. The molecule has 0 saturated carbocycles. The van der Waals surface area contributed by atoms with Crippen molar-refractivity contribution in [1.82, 2.24) is 4.37 Å². The lowest BCUT2D eigenvalue weighted by Gasteiger charge is -2.03. The SMILES string of the molecule is Nc1cc(COc2cccc(Cl)c2)ns1. The van der Waals surface area contributed by atoms with E-state index in [1.165, 1.54) is 11.5 Å². The summed E-state index contributed by atoms with van der Waals surface area (Å²) >= 11 is 7.08. The number of rotatable bonds is 3. The van der Waals surface area contributed by atoms with E-state index in [1.54, 1.807) is 18.2 Å². The number of nitrogens with zero attached hydrogens (tertiary/aromatic N) is 1. The summed E-state index contributed by atoms with van der Waals surface area (Å²) in [5.41, 5.74) is 6.38. The molecule has 0 saturated heterocycles. The molecule has 15 heavy (non-hydrogen) atoms. The summed E-state index contributed by atoms with van der Waals surface area (Å²) in [4.78, 5) is 0. The summed E-state index contributed by atoms with van der Waals surface area (Å²) in [5.74, 6) is 0.731. The van der Waals surface area contributed by atoms with Gasteiger partial charge in [0.05, 0.1) is 5.69 Å². The topological polar surface area (TPSA) is 48.1 Å². The molecule has 1 aromatic carbocycles. The Balaban J connectivity index is 1.99. The zero-order valence-electron chi connectivity index (χ0n) is 7.81. The molecule has 5 heteroatoms. The van der Waals surface area contributed by atoms with Crippen molar-refractivity contribution < 1.29 is 4.74 Å². The van der Waals surface area contributed by atoms with E-state index in [0.29, 0.717) is 16.6 Å². The van der Waals surface area contributed by atoms with Gasteiger partial charge < -0.3 is 10.5 Å². The molecule has 2 aromatic rings. The number of anilines is 1. The van der Waals surface area contributed by atoms with E-state index in [0.717, 1.165) is 11.4 Å². The maximum Gasteiger partial charge on any atom is 0.131 e. The number of ether oxygens (including phenoxy) is 1. The lowest BCUT2D eigenvalue weighted by molar-refractivity contribution is 0.302. The van der Waals surface area contributed by atoms with Gasteiger partial charge in [0.25, 0.3) is 0 Å². The van der Waals surface area contributed by atoms with Crippen LogP contribution in [0.4, 0.5) is 5.00 Å². The van der Waals surface area contributed by atoms with Crippen molar-refractivity contribution in [2.75, 3.05) is 5.73 Å². The van der Waals surface area contributed by atoms with Crippen LogP contribution in [-0.4, -0.2) is 4.37 Å². The number of halogens is 1. The summed E-state index contributed by atoms with van der Waals surface area (Å²) in [6, 6.07) is 9.05. The highest BCUT2D eigenvalue weighted by molar-refractivity contribution is 7.10. The standard InChI is InChI=1S/C10H9ClN2OS/c11-7-2-1-3-9(4-7)14-6-8-5-10(12)15-13-8/h1-5H,6,12H2. The number of hydrogen-bond acceptors (Lipinski definition) is 4. The van der Waals surface area contributed by atoms with Crippen molar-refractivity contribution in [3.8, 4) is 5.75 Å². The highest BCUT2D eigenvalue weighted by atomic mass is 35.5. The lowest BCUT2D eigenvalue weighted by Crippen LogP contribution is -1.94. The van der Waals surface area contributed by atoms with Gasteiger partial charge in [0, 0.05) is 5.02 Å². The van der Waals surface area contributed by atoms with Crippen LogP contribution >= 0.6 is 23.1 Å². The molecule has 2 N–H and O–H groups in total. The van der Waals surface area contributed by atoms with Crippen LogP contribution in [0.5, 0.6) is 5.75 Å². The summed E-state index contributed by atoms with van der Waals surface area (Å²) in [5, 5.41) is 1.35. The fourth-order valence-corrected chi connectivity index (χ4v) is 1.81. The van der Waals surface area contributed by atoms with Crippen molar-refractivity contribution in [2.24, 2.45) is 0 Å². The van der Waals surface area contributed by atoms with Gasteiger partial charge in [-0.2, -0.15) is 4.37 Å². The van der Waals surface area contributed by atoms with Gasteiger partial charge in [-0.15, -0.1) is 0 Å². The first-order valence-electron chi connectivity index (χ1n) is 4.33. The summed E-state index contributed by atoms with van der Waals surface area (Å²) < 4.78 is 9.60. The number of nitrogens with two attached hydrogens (primary N) is 1. The van der Waals surface area contributed by atoms with Crippen LogP contribution < -0.4 is 10.5 Å². The molecule has 0 unspecified atom stereocenters. The number of benzene rings is 1. The maximum atomic E-state index is 5.82. The molecule has 2 rings (SSSR count). The Bertz CT molecular complexity index is 458. The molecular weight excluding hydrogens is 232 g/mol. The monoisotopic (exact) mass is 240 g/mol. The van der Waals surface area contributed by atoms with Crippen LogP contribution in [0, 0.1) is 0 Å². The fraction of sp³-hybridized carbons (Fsp3) is 0.100. The van der Waals surface area contributed by atoms with E-state index in [9.17, 15) is 0 Å². The van der Waals surface area contributed by atoms with Gasteiger partial charge in [0.15, 0.2) is 0 Å². The Kier molecular flexibility index (Phi) is 3.08. The van der Waals surface area contributed by atoms with Crippen molar-refractivity contribution in [3.05, 3.63) is 41.0 Å². The molecule has 0 aliphatic carbocycles. The summed E-state index contributed by atoms with van der Waals surface area (Å²) in [6.07, 6.45) is 0. The van der Waals surface area contributed by atoms with Gasteiger partial charge in [0.1, 0.15) is 17.4 Å². The third kappa shape index (κ3) is 2.84. The maximum absolute atomic E-state index is 5.82. The smallest absolute Gasteiger partial charge is 0.131 e. The quantitative estimate of drug-likeness (QED) is 0.897. The zero-order chi connectivity index (χ0) is 10.7. The molecule has 1 aromatic heterocycles. The predicted molar refractivity (Wildman–Crippen MR) is 62.3 cm³/mol. The molecule has 0 aliphatic rings. The van der Waals surface area contributed by atoms with E-state index >= 15 is 0 Å². The van der Waals surface area contributed by atoms with Gasteiger partial charge in [-0.05, 0) is 35.8 Å². The van der Waals surface area contributed by atoms with Crippen LogP contribution in [0.25, 0.3) is 0 Å². The average Bonchev–Trinajstić information content (AvgIpc) is 2.62. The van der Waals surface area contributed by atoms with Crippen LogP contribution in [0.2, 0.25) is 5.02 Å². The minimum Gasteiger partial charge on any atom is -0.487 e. The molecule has 0 spiro atoms. The van der Waals surface area contributed by atoms with Gasteiger partial charge in [0.2, 0.25) is 0 Å². The minimum atomic E-state index is 0.411. The van der Waals surface area contributed by atoms with Crippen molar-refractivity contribution >= 4 is 28.1 Å². The van der Waals surface area contributed by atoms with Crippen LogP contribution in [0.15, 0.2) is 30.3 Å². The van der Waals surface area contributed by atoms with E-state index in [2.05, 4.69) is 4.37 Å². The predicted octanol–water partition coefficient (Wildman–Crippen LogP) is 2.96. The van der Waals surface area contributed by atoms with Gasteiger partial charge in [-0.3, -0.25) is 0 Å². The summed E-state index contributed by atoms with van der Waals surface area (Å²) in [6.45, 7) is 0.411. The molecule has 0 aliphatic heterocycles. The largest absolute Gasteiger partial charge is 0.487 e. The third-order valence-corrected chi connectivity index (χ3v) is 2.65. The Labute approximate surface area is 96.6 Å². The third-order valence-electron chi connectivity index (χ3n) is 1.76. The van der Waals surface area contributed by atoms with Gasteiger partial charge in [-0.25, -0.2) is 0 Å². The van der Waals surface area contributed by atoms with E-state index < -0.39 is 0 Å². The van der Waals surface area contributed by atoms with Crippen LogP contribution in [-0.2, 0) is 6.61 Å². The Hall–Kier alpha value is -1.26. The summed E-state index contributed by atoms with van der Waals surface area (Å²) in [7, 11) is 0. The first-order valence-corrected chi connectivity index (χ1v) is 5.48. The highest BCUT2D eigenvalue weighted by Crippen LogP contribution is 2.19. The first kappa shape index (κ1) is 10.3. The normalized spacial score (nSPS) is 10.2. The minimum absolute atomic E-state index is 0.411. The fourth-order valence-electron chi connectivity index (χ4n) is 1.11. The van der Waals surface area contributed by atoms with Crippen LogP contribution in [0.1, 0.15) is 5.69 Å². The Morgan fingerprint density at radius 3 is 2.93 bits per heavy atom. The lowest BCUT2D eigenvalue weighted by atomic mass is 10.3. The van der Waals surface area contributed by atoms with Gasteiger partial charge >= 0.3 is 0 Å². The van der Waals surface area contributed by atoms with Gasteiger partial charge in [-0.1, -0.05) is 17.7 Å². The van der Waals surface area contributed by atoms with Crippen molar-refractivity contribution in [1.29, 1.82) is 0 Å². The Morgan fingerprint density at radius 1 is 1.40 bits per heavy atom. The second-order valence-electron chi connectivity index (χ2n) is 2.97. The second-order valence-corrected chi connectivity index (χ2v) is 4.24. The molecular formula is C10H9ClN2OS. The van der Waals surface area contributed by atoms with E-state index in [-0.39, 0.29) is 0 Å². The Morgan fingerprint density at radius 2 is 2.27 bits per heavy atom. The number of hydrogen-bond donors (Lipinski definition) is 1. The molecule has 78 valence electrons. The molecule has 3 nitrogen and oxygen atoms in total. The van der Waals surface area contributed by atoms with Crippen LogP contribution in [0.3, 0.4) is 0 Å². The van der Waals surface area contributed by atoms with Crippen molar-refractivity contribution in [2.45, 2.75) is 6.61 Å². The number of aromatic nitrogens is 1. The molecule has 0 atom stereocenters. The molecule has 0 bridgehead atoms. The van der Waals surface area contributed by atoms with E-state index in [1.807, 2.05) is 12.1 Å². The first-order chi connectivity index (χ1) is 7.24. The second kappa shape index (κ2) is 4.51. The molecule has 0 radical (unpaired) electrons.